The van der Waals surface area contributed by atoms with Gasteiger partial charge in [-0.05, 0) is 83.5 Å². The lowest BCUT2D eigenvalue weighted by atomic mass is 10.0. The minimum atomic E-state index is -0.836. The van der Waals surface area contributed by atoms with Gasteiger partial charge in [-0.15, -0.1) is 0 Å². The van der Waals surface area contributed by atoms with Crippen LogP contribution in [0.3, 0.4) is 0 Å². The van der Waals surface area contributed by atoms with E-state index in [9.17, 15) is 14.4 Å². The number of ether oxygens (including phenoxy) is 3. The van der Waals surface area contributed by atoms with Gasteiger partial charge in [0.1, 0.15) is 13.2 Å². The maximum Gasteiger partial charge on any atom is 0.306 e. The van der Waals surface area contributed by atoms with Crippen molar-refractivity contribution in [3.05, 3.63) is 109 Å². The Bertz CT molecular complexity index is 1390. The third-order valence-corrected chi connectivity index (χ3v) is 11.3. The second kappa shape index (κ2) is 54.7. The van der Waals surface area contributed by atoms with Crippen LogP contribution in [0.1, 0.15) is 239 Å². The van der Waals surface area contributed by atoms with Crippen molar-refractivity contribution in [1.29, 1.82) is 0 Å². The highest BCUT2D eigenvalue weighted by molar-refractivity contribution is 5.71. The minimum absolute atomic E-state index is 0.122. The molecule has 6 nitrogen and oxygen atoms in total. The average molecular weight is 929 g/mol. The summed E-state index contributed by atoms with van der Waals surface area (Å²) in [5.74, 6) is -1.07. The van der Waals surface area contributed by atoms with Gasteiger partial charge in [0.25, 0.3) is 0 Å². The molecule has 0 N–H and O–H groups in total. The molecule has 0 aliphatic carbocycles. The molecule has 0 radical (unpaired) electrons. The first kappa shape index (κ1) is 63.1. The Morgan fingerprint density at radius 1 is 0.313 bits per heavy atom. The first-order valence-corrected chi connectivity index (χ1v) is 27.4. The summed E-state index contributed by atoms with van der Waals surface area (Å²) in [5.41, 5.74) is 0. The molecule has 0 fully saturated rings. The highest BCUT2D eigenvalue weighted by atomic mass is 16.6. The number of unbranched alkanes of at least 4 members (excludes halogenated alkanes) is 19. The minimum Gasteiger partial charge on any atom is -0.462 e. The van der Waals surface area contributed by atoms with E-state index in [2.05, 4.69) is 118 Å². The summed E-state index contributed by atoms with van der Waals surface area (Å²) < 4.78 is 16.7. The van der Waals surface area contributed by atoms with Crippen LogP contribution in [0.15, 0.2) is 109 Å². The topological polar surface area (TPSA) is 78.9 Å². The fourth-order valence-electron chi connectivity index (χ4n) is 7.26. The predicted molar refractivity (Wildman–Crippen MR) is 288 cm³/mol. The fraction of sp³-hybridized carbons (Fsp3) is 0.656. The normalized spacial score (nSPS) is 12.9. The molecule has 0 aromatic carbocycles. The lowest BCUT2D eigenvalue weighted by Gasteiger charge is -2.18. The van der Waals surface area contributed by atoms with Crippen LogP contribution in [-0.2, 0) is 28.6 Å². The number of carbonyl (C=O) groups is 3. The Morgan fingerprint density at radius 2 is 0.612 bits per heavy atom. The van der Waals surface area contributed by atoms with Gasteiger partial charge in [0.05, 0.1) is 0 Å². The van der Waals surface area contributed by atoms with E-state index < -0.39 is 6.10 Å². The number of rotatable bonds is 48. The summed E-state index contributed by atoms with van der Waals surface area (Å²) in [6.45, 7) is 6.30. The van der Waals surface area contributed by atoms with E-state index in [1.807, 2.05) is 12.2 Å². The van der Waals surface area contributed by atoms with E-state index in [-0.39, 0.29) is 44.0 Å². The maximum absolute atomic E-state index is 12.8. The molecule has 1 unspecified atom stereocenters. The van der Waals surface area contributed by atoms with Gasteiger partial charge in [-0.1, -0.05) is 246 Å². The zero-order chi connectivity index (χ0) is 48.6. The molecule has 0 spiro atoms. The third-order valence-electron chi connectivity index (χ3n) is 11.3. The van der Waals surface area contributed by atoms with Crippen molar-refractivity contribution >= 4 is 17.9 Å². The SMILES string of the molecule is CC/C=C\C/C=C\C/C=C\C/C=C\C/C=C\CCCC(=O)OC(COC(=O)CC/C=C\C/C=C\C/C=C\C/C=C\CC)COC(=O)CCCCCCCCCCCCCCCCCCCCC. The first-order valence-electron chi connectivity index (χ1n) is 27.4. The number of hydrogen-bond acceptors (Lipinski definition) is 6. The van der Waals surface area contributed by atoms with Crippen molar-refractivity contribution in [3.63, 3.8) is 0 Å². The standard InChI is InChI=1S/C61H100O6/c1-4-7-10-13-16-19-22-25-27-29-30-32-33-36-39-42-45-48-51-54-60(63)66-57-58(56-65-59(62)53-50-47-44-41-38-35-24-21-18-15-12-9-6-3)67-61(64)55-52-49-46-43-40-37-34-31-28-26-23-20-17-14-11-8-5-2/h8-9,11-12,17-18,20-21,26,28,34-35,37-38,43-44,46-47,58H,4-7,10,13-16,19,22-25,27,29-33,36,39-42,45,48-57H2,1-3H3/b11-8-,12-9-,20-17-,21-18-,28-26-,37-34-,38-35-,46-43-,47-44-. The molecule has 0 aliphatic heterocycles. The van der Waals surface area contributed by atoms with Gasteiger partial charge in [-0.2, -0.15) is 0 Å². The van der Waals surface area contributed by atoms with Crippen molar-refractivity contribution in [2.24, 2.45) is 0 Å². The molecule has 380 valence electrons. The molecule has 0 bridgehead atoms. The largest absolute Gasteiger partial charge is 0.462 e. The number of esters is 3. The smallest absolute Gasteiger partial charge is 0.306 e. The molecule has 0 saturated heterocycles. The summed E-state index contributed by atoms with van der Waals surface area (Å²) in [6, 6.07) is 0. The Kier molecular flexibility index (Phi) is 51.5. The van der Waals surface area contributed by atoms with E-state index >= 15 is 0 Å². The molecular weight excluding hydrogens is 829 g/mol. The molecule has 0 aromatic rings. The van der Waals surface area contributed by atoms with Crippen LogP contribution in [0, 0.1) is 0 Å². The van der Waals surface area contributed by atoms with E-state index in [4.69, 9.17) is 14.2 Å². The van der Waals surface area contributed by atoms with Crippen LogP contribution in [-0.4, -0.2) is 37.2 Å². The summed E-state index contributed by atoms with van der Waals surface area (Å²) in [5, 5.41) is 0. The second-order valence-corrected chi connectivity index (χ2v) is 17.7. The van der Waals surface area contributed by atoms with Crippen molar-refractivity contribution in [3.8, 4) is 0 Å². The van der Waals surface area contributed by atoms with E-state index in [0.29, 0.717) is 19.3 Å². The number of hydrogen-bond donors (Lipinski definition) is 0. The monoisotopic (exact) mass is 929 g/mol. The van der Waals surface area contributed by atoms with Crippen LogP contribution in [0.4, 0.5) is 0 Å². The molecule has 0 aromatic heterocycles. The number of allylic oxidation sites excluding steroid dienone is 18. The lowest BCUT2D eigenvalue weighted by molar-refractivity contribution is -0.166. The van der Waals surface area contributed by atoms with Crippen molar-refractivity contribution < 1.29 is 28.6 Å². The van der Waals surface area contributed by atoms with Crippen molar-refractivity contribution in [2.45, 2.75) is 245 Å². The Hall–Kier alpha value is -3.93. The second-order valence-electron chi connectivity index (χ2n) is 17.7. The molecule has 67 heavy (non-hydrogen) atoms. The van der Waals surface area contributed by atoms with E-state index in [0.717, 1.165) is 83.5 Å². The van der Waals surface area contributed by atoms with Gasteiger partial charge in [-0.3, -0.25) is 14.4 Å². The lowest BCUT2D eigenvalue weighted by Crippen LogP contribution is -2.30. The highest BCUT2D eigenvalue weighted by Gasteiger charge is 2.19. The zero-order valence-electron chi connectivity index (χ0n) is 43.4. The molecule has 0 heterocycles. The van der Waals surface area contributed by atoms with Crippen LogP contribution in [0.25, 0.3) is 0 Å². The quantitative estimate of drug-likeness (QED) is 0.0262. The highest BCUT2D eigenvalue weighted by Crippen LogP contribution is 2.15. The van der Waals surface area contributed by atoms with Gasteiger partial charge in [0, 0.05) is 19.3 Å². The van der Waals surface area contributed by atoms with Crippen LogP contribution >= 0.6 is 0 Å². The van der Waals surface area contributed by atoms with Crippen LogP contribution in [0.5, 0.6) is 0 Å². The number of carbonyl (C=O) groups excluding carboxylic acids is 3. The first-order chi connectivity index (χ1) is 33.0. The molecule has 1 atom stereocenters. The summed E-state index contributed by atoms with van der Waals surface area (Å²) >= 11 is 0. The fourth-order valence-corrected chi connectivity index (χ4v) is 7.26. The Balaban J connectivity index is 4.50. The van der Waals surface area contributed by atoms with Gasteiger partial charge < -0.3 is 14.2 Å². The predicted octanol–water partition coefficient (Wildman–Crippen LogP) is 18.3. The molecule has 6 heteroatoms. The van der Waals surface area contributed by atoms with Gasteiger partial charge >= 0.3 is 17.9 Å². The van der Waals surface area contributed by atoms with E-state index in [1.54, 1.807) is 0 Å². The van der Waals surface area contributed by atoms with E-state index in [1.165, 1.54) is 103 Å². The molecule has 0 aliphatic rings. The van der Waals surface area contributed by atoms with Gasteiger partial charge in [-0.25, -0.2) is 0 Å². The van der Waals surface area contributed by atoms with Crippen molar-refractivity contribution in [1.82, 2.24) is 0 Å². The third kappa shape index (κ3) is 52.9. The van der Waals surface area contributed by atoms with Crippen molar-refractivity contribution in [2.75, 3.05) is 13.2 Å². The zero-order valence-corrected chi connectivity index (χ0v) is 43.4. The maximum atomic E-state index is 12.8. The van der Waals surface area contributed by atoms with Crippen LogP contribution < -0.4 is 0 Å². The van der Waals surface area contributed by atoms with Gasteiger partial charge in [0.15, 0.2) is 6.10 Å². The Labute approximate surface area is 412 Å². The molecular formula is C61H100O6. The Morgan fingerprint density at radius 3 is 0.985 bits per heavy atom. The molecule has 0 rings (SSSR count). The summed E-state index contributed by atoms with van der Waals surface area (Å²) in [6.07, 6.45) is 73.9. The summed E-state index contributed by atoms with van der Waals surface area (Å²) in [7, 11) is 0. The van der Waals surface area contributed by atoms with Crippen LogP contribution in [0.2, 0.25) is 0 Å². The van der Waals surface area contributed by atoms with Gasteiger partial charge in [0.2, 0.25) is 0 Å². The summed E-state index contributed by atoms with van der Waals surface area (Å²) in [4.78, 5) is 38.0. The average Bonchev–Trinajstić information content (AvgIpc) is 3.33. The molecule has 0 amide bonds. The molecule has 0 saturated carbocycles.